The highest BCUT2D eigenvalue weighted by molar-refractivity contribution is 5.22. The molecule has 0 heterocycles. The molecule has 1 aromatic rings. The average molecular weight is 281 g/mol. The fraction of sp³-hybridized carbons (Fsp3) is 0.625. The van der Waals surface area contributed by atoms with Gasteiger partial charge in [-0.2, -0.15) is 0 Å². The average Bonchev–Trinajstić information content (AvgIpc) is 2.84. The number of hydrogen-bond acceptors (Lipinski definition) is 3. The Hall–Kier alpha value is -1.13. The van der Waals surface area contributed by atoms with Crippen molar-refractivity contribution < 1.29 is 14.2 Å². The van der Waals surface area contributed by atoms with Gasteiger partial charge in [-0.25, -0.2) is 4.39 Å². The maximum Gasteiger partial charge on any atom is 0.123 e. The lowest BCUT2D eigenvalue weighted by Gasteiger charge is -2.18. The van der Waals surface area contributed by atoms with Gasteiger partial charge >= 0.3 is 0 Å². The molecule has 3 atom stereocenters. The third-order valence-electron chi connectivity index (χ3n) is 4.08. The van der Waals surface area contributed by atoms with Gasteiger partial charge in [0.05, 0.1) is 0 Å². The van der Waals surface area contributed by atoms with E-state index in [0.29, 0.717) is 12.3 Å². The topological polar surface area (TPSA) is 41.5 Å². The molecular formula is C16H24FNO2. The number of halogens is 1. The summed E-state index contributed by atoms with van der Waals surface area (Å²) >= 11 is 0. The van der Waals surface area contributed by atoms with Gasteiger partial charge in [-0.05, 0) is 49.1 Å². The molecule has 0 aliphatic heterocycles. The molecule has 0 saturated heterocycles. The third-order valence-corrected chi connectivity index (χ3v) is 4.08. The first kappa shape index (κ1) is 15.3. The molecule has 1 aliphatic carbocycles. The standard InChI is InChI=1S/C16H24FNO2/c1-12-3-2-4-13(12)9-18-10-15(19)11-20-16-7-5-14(17)6-8-16/h5-8,12-13,15,18-19H,2-4,9-11H2,1H3. The Morgan fingerprint density at radius 2 is 2.10 bits per heavy atom. The third kappa shape index (κ3) is 4.76. The van der Waals surface area contributed by atoms with E-state index in [2.05, 4.69) is 12.2 Å². The quantitative estimate of drug-likeness (QED) is 0.807. The fourth-order valence-corrected chi connectivity index (χ4v) is 2.74. The van der Waals surface area contributed by atoms with Gasteiger partial charge in [0.25, 0.3) is 0 Å². The van der Waals surface area contributed by atoms with E-state index in [1.807, 2.05) is 0 Å². The summed E-state index contributed by atoms with van der Waals surface area (Å²) in [5.74, 6) is 1.82. The van der Waals surface area contributed by atoms with Crippen LogP contribution in [0.15, 0.2) is 24.3 Å². The van der Waals surface area contributed by atoms with E-state index in [1.165, 1.54) is 31.4 Å². The molecule has 2 rings (SSSR count). The van der Waals surface area contributed by atoms with E-state index in [9.17, 15) is 9.50 Å². The molecule has 3 unspecified atom stereocenters. The highest BCUT2D eigenvalue weighted by atomic mass is 19.1. The summed E-state index contributed by atoms with van der Waals surface area (Å²) in [6.07, 6.45) is 3.39. The van der Waals surface area contributed by atoms with Crippen LogP contribution in [0.3, 0.4) is 0 Å². The van der Waals surface area contributed by atoms with Gasteiger partial charge in [-0.1, -0.05) is 19.8 Å². The molecular weight excluding hydrogens is 257 g/mol. The summed E-state index contributed by atoms with van der Waals surface area (Å²) in [4.78, 5) is 0. The first-order valence-electron chi connectivity index (χ1n) is 7.42. The number of nitrogens with one attached hydrogen (secondary N) is 1. The van der Waals surface area contributed by atoms with Crippen molar-refractivity contribution in [2.24, 2.45) is 11.8 Å². The van der Waals surface area contributed by atoms with Crippen LogP contribution in [0.5, 0.6) is 5.75 Å². The van der Waals surface area contributed by atoms with Crippen LogP contribution in [0, 0.1) is 17.7 Å². The zero-order valence-corrected chi connectivity index (χ0v) is 12.0. The molecule has 1 aromatic carbocycles. The van der Waals surface area contributed by atoms with Crippen LogP contribution in [0.4, 0.5) is 4.39 Å². The Morgan fingerprint density at radius 3 is 2.75 bits per heavy atom. The Balaban J connectivity index is 1.60. The van der Waals surface area contributed by atoms with Gasteiger partial charge in [-0.3, -0.25) is 0 Å². The van der Waals surface area contributed by atoms with Crippen LogP contribution in [-0.2, 0) is 0 Å². The summed E-state index contributed by atoms with van der Waals surface area (Å²) in [7, 11) is 0. The van der Waals surface area contributed by atoms with Crippen molar-refractivity contribution in [1.82, 2.24) is 5.32 Å². The van der Waals surface area contributed by atoms with E-state index in [4.69, 9.17) is 4.74 Å². The second kappa shape index (κ2) is 7.60. The lowest BCUT2D eigenvalue weighted by Crippen LogP contribution is -2.34. The van der Waals surface area contributed by atoms with Gasteiger partial charge in [0.2, 0.25) is 0 Å². The van der Waals surface area contributed by atoms with Crippen molar-refractivity contribution in [3.8, 4) is 5.75 Å². The second-order valence-electron chi connectivity index (χ2n) is 5.75. The Kier molecular flexibility index (Phi) is 5.80. The highest BCUT2D eigenvalue weighted by Crippen LogP contribution is 2.30. The van der Waals surface area contributed by atoms with Crippen LogP contribution in [0.2, 0.25) is 0 Å². The molecule has 2 N–H and O–H groups in total. The van der Waals surface area contributed by atoms with Gasteiger partial charge in [0, 0.05) is 6.54 Å². The maximum absolute atomic E-state index is 12.7. The fourth-order valence-electron chi connectivity index (χ4n) is 2.74. The first-order valence-corrected chi connectivity index (χ1v) is 7.42. The molecule has 3 nitrogen and oxygen atoms in total. The van der Waals surface area contributed by atoms with Crippen LogP contribution >= 0.6 is 0 Å². The van der Waals surface area contributed by atoms with E-state index in [-0.39, 0.29) is 12.4 Å². The molecule has 0 bridgehead atoms. The minimum atomic E-state index is -0.545. The molecule has 20 heavy (non-hydrogen) atoms. The van der Waals surface area contributed by atoms with Crippen molar-refractivity contribution in [1.29, 1.82) is 0 Å². The number of rotatable bonds is 7. The molecule has 112 valence electrons. The number of hydrogen-bond donors (Lipinski definition) is 2. The van der Waals surface area contributed by atoms with E-state index >= 15 is 0 Å². The van der Waals surface area contributed by atoms with Crippen LogP contribution in [-0.4, -0.2) is 30.9 Å². The Labute approximate surface area is 120 Å². The molecule has 1 aliphatic rings. The zero-order valence-electron chi connectivity index (χ0n) is 12.0. The van der Waals surface area contributed by atoms with Crippen molar-refractivity contribution in [3.05, 3.63) is 30.1 Å². The highest BCUT2D eigenvalue weighted by Gasteiger charge is 2.22. The minimum absolute atomic E-state index is 0.221. The summed E-state index contributed by atoms with van der Waals surface area (Å²) in [6.45, 7) is 4.02. The van der Waals surface area contributed by atoms with Crippen LogP contribution in [0.1, 0.15) is 26.2 Å². The largest absolute Gasteiger partial charge is 0.491 e. The van der Waals surface area contributed by atoms with Gasteiger partial charge in [0.1, 0.15) is 24.3 Å². The molecule has 1 fully saturated rings. The monoisotopic (exact) mass is 281 g/mol. The number of aliphatic hydroxyl groups is 1. The van der Waals surface area contributed by atoms with Gasteiger partial charge in [-0.15, -0.1) is 0 Å². The lowest BCUT2D eigenvalue weighted by atomic mass is 9.98. The molecule has 1 saturated carbocycles. The second-order valence-corrected chi connectivity index (χ2v) is 5.75. The van der Waals surface area contributed by atoms with Crippen molar-refractivity contribution in [2.75, 3.05) is 19.7 Å². The smallest absolute Gasteiger partial charge is 0.123 e. The summed E-state index contributed by atoms with van der Waals surface area (Å²) < 4.78 is 18.1. The molecule has 0 aromatic heterocycles. The van der Waals surface area contributed by atoms with Gasteiger partial charge < -0.3 is 15.2 Å². The molecule has 0 amide bonds. The van der Waals surface area contributed by atoms with Crippen molar-refractivity contribution in [3.63, 3.8) is 0 Å². The van der Waals surface area contributed by atoms with Crippen LogP contribution < -0.4 is 10.1 Å². The lowest BCUT2D eigenvalue weighted by molar-refractivity contribution is 0.105. The minimum Gasteiger partial charge on any atom is -0.491 e. The van der Waals surface area contributed by atoms with Crippen LogP contribution in [0.25, 0.3) is 0 Å². The first-order chi connectivity index (χ1) is 9.65. The predicted molar refractivity (Wildman–Crippen MR) is 77.3 cm³/mol. The molecule has 0 spiro atoms. The van der Waals surface area contributed by atoms with E-state index < -0.39 is 6.10 Å². The number of aliphatic hydroxyl groups excluding tert-OH is 1. The SMILES string of the molecule is CC1CCCC1CNCC(O)COc1ccc(F)cc1. The van der Waals surface area contributed by atoms with E-state index in [0.717, 1.165) is 18.4 Å². The normalized spacial score (nSPS) is 23.8. The molecule has 0 radical (unpaired) electrons. The Bertz CT molecular complexity index is 396. The number of ether oxygens (including phenoxy) is 1. The van der Waals surface area contributed by atoms with Crippen molar-refractivity contribution >= 4 is 0 Å². The van der Waals surface area contributed by atoms with E-state index in [1.54, 1.807) is 12.1 Å². The maximum atomic E-state index is 12.7. The summed E-state index contributed by atoms with van der Waals surface area (Å²) in [6, 6.07) is 5.83. The summed E-state index contributed by atoms with van der Waals surface area (Å²) in [5.41, 5.74) is 0. The van der Waals surface area contributed by atoms with Crippen molar-refractivity contribution in [2.45, 2.75) is 32.3 Å². The van der Waals surface area contributed by atoms with Gasteiger partial charge in [0.15, 0.2) is 0 Å². The Morgan fingerprint density at radius 1 is 1.35 bits per heavy atom. The molecule has 4 heteroatoms. The number of benzene rings is 1. The summed E-state index contributed by atoms with van der Waals surface area (Å²) in [5, 5.41) is 13.2. The zero-order chi connectivity index (χ0) is 14.4. The predicted octanol–water partition coefficient (Wildman–Crippen LogP) is 2.59.